The van der Waals surface area contributed by atoms with Gasteiger partial charge in [0.05, 0.1) is 19.8 Å². The summed E-state index contributed by atoms with van der Waals surface area (Å²) in [4.78, 5) is 0. The van der Waals surface area contributed by atoms with Gasteiger partial charge < -0.3 is 19.0 Å². The minimum absolute atomic E-state index is 0.213. The molecule has 0 bridgehead atoms. The second-order valence-electron chi connectivity index (χ2n) is 5.25. The standard InChI is InChI=1S/C16H22O4/c1-12(2)10-18-7-8-19-11-14(17)16-9-13-5-3-4-6-15(13)20-16/h3-6,9,12,14,17H,7-8,10-11H2,1-2H3. The van der Waals surface area contributed by atoms with Crippen LogP contribution in [0.5, 0.6) is 0 Å². The first-order chi connectivity index (χ1) is 9.66. The van der Waals surface area contributed by atoms with Crippen LogP contribution in [0.1, 0.15) is 25.7 Å². The molecule has 0 aliphatic rings. The van der Waals surface area contributed by atoms with E-state index in [1.54, 1.807) is 0 Å². The first-order valence-corrected chi connectivity index (χ1v) is 6.99. The number of ether oxygens (including phenoxy) is 2. The summed E-state index contributed by atoms with van der Waals surface area (Å²) in [6.45, 7) is 6.17. The highest BCUT2D eigenvalue weighted by Crippen LogP contribution is 2.23. The molecule has 2 rings (SSSR count). The molecule has 1 aromatic heterocycles. The zero-order valence-corrected chi connectivity index (χ0v) is 12.0. The Balaban J connectivity index is 1.73. The van der Waals surface area contributed by atoms with Gasteiger partial charge >= 0.3 is 0 Å². The number of aliphatic hydroxyl groups excluding tert-OH is 1. The molecule has 4 nitrogen and oxygen atoms in total. The van der Waals surface area contributed by atoms with Gasteiger partial charge in [-0.1, -0.05) is 32.0 Å². The number of fused-ring (bicyclic) bond motifs is 1. The van der Waals surface area contributed by atoms with Crippen molar-refractivity contribution in [3.05, 3.63) is 36.1 Å². The molecule has 0 aliphatic carbocycles. The van der Waals surface area contributed by atoms with Gasteiger partial charge in [0, 0.05) is 12.0 Å². The van der Waals surface area contributed by atoms with Crippen molar-refractivity contribution in [2.45, 2.75) is 20.0 Å². The van der Waals surface area contributed by atoms with E-state index in [1.807, 2.05) is 30.3 Å². The molecule has 1 unspecified atom stereocenters. The number of hydrogen-bond acceptors (Lipinski definition) is 4. The molecule has 0 saturated heterocycles. The van der Waals surface area contributed by atoms with Crippen LogP contribution in [-0.4, -0.2) is 31.5 Å². The van der Waals surface area contributed by atoms with E-state index < -0.39 is 6.10 Å². The minimum Gasteiger partial charge on any atom is -0.458 e. The van der Waals surface area contributed by atoms with Crippen molar-refractivity contribution in [2.24, 2.45) is 5.92 Å². The molecule has 4 heteroatoms. The lowest BCUT2D eigenvalue weighted by Crippen LogP contribution is -2.12. The Kier molecular flexibility index (Phi) is 5.59. The van der Waals surface area contributed by atoms with E-state index >= 15 is 0 Å². The molecule has 1 heterocycles. The molecule has 2 aromatic rings. The molecule has 20 heavy (non-hydrogen) atoms. The second kappa shape index (κ2) is 7.43. The highest BCUT2D eigenvalue weighted by Gasteiger charge is 2.13. The van der Waals surface area contributed by atoms with E-state index in [2.05, 4.69) is 13.8 Å². The molecular formula is C16H22O4. The van der Waals surface area contributed by atoms with Gasteiger partial charge in [-0.2, -0.15) is 0 Å². The first kappa shape index (κ1) is 15.0. The lowest BCUT2D eigenvalue weighted by molar-refractivity contribution is -0.00682. The maximum atomic E-state index is 10.0. The normalized spacial score (nSPS) is 13.2. The predicted octanol–water partition coefficient (Wildman–Crippen LogP) is 3.16. The van der Waals surface area contributed by atoms with Gasteiger partial charge in [-0.05, 0) is 18.1 Å². The molecule has 0 saturated carbocycles. The van der Waals surface area contributed by atoms with Crippen LogP contribution in [-0.2, 0) is 9.47 Å². The number of aliphatic hydroxyl groups is 1. The van der Waals surface area contributed by atoms with Gasteiger partial charge in [-0.3, -0.25) is 0 Å². The van der Waals surface area contributed by atoms with E-state index in [0.29, 0.717) is 24.9 Å². The van der Waals surface area contributed by atoms with Crippen LogP contribution < -0.4 is 0 Å². The van der Waals surface area contributed by atoms with E-state index in [9.17, 15) is 5.11 Å². The molecule has 1 aromatic carbocycles. The molecule has 0 amide bonds. The Bertz CT molecular complexity index is 485. The van der Waals surface area contributed by atoms with Crippen molar-refractivity contribution in [1.82, 2.24) is 0 Å². The molecule has 1 atom stereocenters. The van der Waals surface area contributed by atoms with E-state index in [0.717, 1.165) is 17.6 Å². The average molecular weight is 278 g/mol. The third-order valence-electron chi connectivity index (χ3n) is 2.87. The van der Waals surface area contributed by atoms with Gasteiger partial charge in [0.15, 0.2) is 0 Å². The lowest BCUT2D eigenvalue weighted by atomic mass is 10.2. The summed E-state index contributed by atoms with van der Waals surface area (Å²) in [5, 5.41) is 11.0. The number of rotatable bonds is 8. The summed E-state index contributed by atoms with van der Waals surface area (Å²) in [6, 6.07) is 9.53. The van der Waals surface area contributed by atoms with E-state index in [1.165, 1.54) is 0 Å². The van der Waals surface area contributed by atoms with Gasteiger partial charge in [-0.15, -0.1) is 0 Å². The second-order valence-corrected chi connectivity index (χ2v) is 5.25. The van der Waals surface area contributed by atoms with Crippen molar-refractivity contribution >= 4 is 11.0 Å². The van der Waals surface area contributed by atoms with Crippen LogP contribution in [0.3, 0.4) is 0 Å². The average Bonchev–Trinajstić information content (AvgIpc) is 2.86. The fourth-order valence-corrected chi connectivity index (χ4v) is 1.88. The smallest absolute Gasteiger partial charge is 0.136 e. The fourth-order valence-electron chi connectivity index (χ4n) is 1.88. The minimum atomic E-state index is -0.743. The van der Waals surface area contributed by atoms with Crippen molar-refractivity contribution in [2.75, 3.05) is 26.4 Å². The van der Waals surface area contributed by atoms with Crippen molar-refractivity contribution in [3.8, 4) is 0 Å². The SMILES string of the molecule is CC(C)COCCOCC(O)c1cc2ccccc2o1. The van der Waals surface area contributed by atoms with Crippen LogP contribution in [0.15, 0.2) is 34.7 Å². The van der Waals surface area contributed by atoms with Crippen LogP contribution >= 0.6 is 0 Å². The molecular weight excluding hydrogens is 256 g/mol. The molecule has 1 N–H and O–H groups in total. The Morgan fingerprint density at radius 1 is 1.10 bits per heavy atom. The van der Waals surface area contributed by atoms with Gasteiger partial charge in [0.2, 0.25) is 0 Å². The highest BCUT2D eigenvalue weighted by atomic mass is 16.5. The zero-order chi connectivity index (χ0) is 14.4. The van der Waals surface area contributed by atoms with Crippen molar-refractivity contribution in [3.63, 3.8) is 0 Å². The summed E-state index contributed by atoms with van der Waals surface area (Å²) < 4.78 is 16.4. The van der Waals surface area contributed by atoms with Gasteiger partial charge in [-0.25, -0.2) is 0 Å². The third kappa shape index (κ3) is 4.34. The summed E-state index contributed by atoms with van der Waals surface area (Å²) >= 11 is 0. The van der Waals surface area contributed by atoms with Crippen LogP contribution in [0.4, 0.5) is 0 Å². The van der Waals surface area contributed by atoms with Crippen molar-refractivity contribution in [1.29, 1.82) is 0 Å². The third-order valence-corrected chi connectivity index (χ3v) is 2.87. The molecule has 0 fully saturated rings. The predicted molar refractivity (Wildman–Crippen MR) is 77.6 cm³/mol. The summed E-state index contributed by atoms with van der Waals surface area (Å²) in [5.74, 6) is 1.06. The van der Waals surface area contributed by atoms with Crippen LogP contribution in [0, 0.1) is 5.92 Å². The quantitative estimate of drug-likeness (QED) is 0.754. The Morgan fingerprint density at radius 3 is 2.50 bits per heavy atom. The Labute approximate surface area is 119 Å². The van der Waals surface area contributed by atoms with Gasteiger partial charge in [0.1, 0.15) is 17.4 Å². The maximum Gasteiger partial charge on any atom is 0.136 e. The lowest BCUT2D eigenvalue weighted by Gasteiger charge is -2.10. The van der Waals surface area contributed by atoms with Crippen LogP contribution in [0.25, 0.3) is 11.0 Å². The number of para-hydroxylation sites is 1. The molecule has 0 radical (unpaired) electrons. The topological polar surface area (TPSA) is 51.8 Å². The highest BCUT2D eigenvalue weighted by molar-refractivity contribution is 5.77. The number of hydrogen-bond donors (Lipinski definition) is 1. The van der Waals surface area contributed by atoms with Crippen molar-refractivity contribution < 1.29 is 19.0 Å². The largest absolute Gasteiger partial charge is 0.458 e. The molecule has 0 aliphatic heterocycles. The summed E-state index contributed by atoms with van der Waals surface area (Å²) in [7, 11) is 0. The summed E-state index contributed by atoms with van der Waals surface area (Å²) in [6.07, 6.45) is -0.743. The Morgan fingerprint density at radius 2 is 1.80 bits per heavy atom. The van der Waals surface area contributed by atoms with Crippen LogP contribution in [0.2, 0.25) is 0 Å². The number of benzene rings is 1. The molecule has 0 spiro atoms. The number of furan rings is 1. The molecule has 110 valence electrons. The monoisotopic (exact) mass is 278 g/mol. The van der Waals surface area contributed by atoms with E-state index in [4.69, 9.17) is 13.9 Å². The maximum absolute atomic E-state index is 10.0. The Hall–Kier alpha value is -1.36. The van der Waals surface area contributed by atoms with E-state index in [-0.39, 0.29) is 6.61 Å². The van der Waals surface area contributed by atoms with Gasteiger partial charge in [0.25, 0.3) is 0 Å². The fraction of sp³-hybridized carbons (Fsp3) is 0.500. The first-order valence-electron chi connectivity index (χ1n) is 6.99. The zero-order valence-electron chi connectivity index (χ0n) is 12.0. The summed E-state index contributed by atoms with van der Waals surface area (Å²) in [5.41, 5.74) is 0.779.